The van der Waals surface area contributed by atoms with Crippen LogP contribution in [0.1, 0.15) is 32.6 Å². The molecule has 0 N–H and O–H groups in total. The third-order valence-corrected chi connectivity index (χ3v) is 2.94. The van der Waals surface area contributed by atoms with Crippen molar-refractivity contribution in [2.24, 2.45) is 17.8 Å². The van der Waals surface area contributed by atoms with Crippen LogP contribution >= 0.6 is 0 Å². The second kappa shape index (κ2) is 1.49. The molecule has 0 heteroatoms. The van der Waals surface area contributed by atoms with E-state index in [4.69, 9.17) is 0 Å². The van der Waals surface area contributed by atoms with Gasteiger partial charge in [0.05, 0.1) is 0 Å². The maximum Gasteiger partial charge on any atom is -0.0357 e. The first-order valence-electron chi connectivity index (χ1n) is 3.88. The number of hydrogen-bond donors (Lipinski definition) is 0. The third-order valence-electron chi connectivity index (χ3n) is 2.94. The minimum absolute atomic E-state index is 1.08. The monoisotopic (exact) mass is 110 g/mol. The van der Waals surface area contributed by atoms with Gasteiger partial charge in [-0.2, -0.15) is 0 Å². The van der Waals surface area contributed by atoms with Crippen molar-refractivity contribution in [1.82, 2.24) is 0 Å². The second-order valence-electron chi connectivity index (χ2n) is 3.57. The van der Waals surface area contributed by atoms with Crippen molar-refractivity contribution in [2.45, 2.75) is 32.6 Å². The Morgan fingerprint density at radius 2 is 2.12 bits per heavy atom. The molecule has 0 spiro atoms. The van der Waals surface area contributed by atoms with Crippen molar-refractivity contribution in [2.75, 3.05) is 0 Å². The SMILES string of the molecule is C[C@@H]1CCCC2CC21. The van der Waals surface area contributed by atoms with Crippen LogP contribution in [0.3, 0.4) is 0 Å². The van der Waals surface area contributed by atoms with Gasteiger partial charge in [0.25, 0.3) is 0 Å². The summed E-state index contributed by atoms with van der Waals surface area (Å²) < 4.78 is 0. The maximum atomic E-state index is 2.42. The third kappa shape index (κ3) is 0.586. The molecule has 2 aliphatic rings. The van der Waals surface area contributed by atoms with Crippen LogP contribution in [-0.2, 0) is 0 Å². The highest BCUT2D eigenvalue weighted by Gasteiger charge is 2.42. The van der Waals surface area contributed by atoms with E-state index >= 15 is 0 Å². The highest BCUT2D eigenvalue weighted by atomic mass is 14.5. The van der Waals surface area contributed by atoms with E-state index in [1.165, 1.54) is 24.7 Å². The standard InChI is InChI=1S/C8H14/c1-6-3-2-4-7-5-8(6)7/h6-8H,2-5H2,1H3/t6-,7?,8?/m1/s1. The predicted molar refractivity (Wildman–Crippen MR) is 34.6 cm³/mol. The summed E-state index contributed by atoms with van der Waals surface area (Å²) in [5.74, 6) is 3.43. The fraction of sp³-hybridized carbons (Fsp3) is 1.00. The molecular weight excluding hydrogens is 96.1 g/mol. The molecule has 0 aromatic heterocycles. The Morgan fingerprint density at radius 1 is 1.25 bits per heavy atom. The van der Waals surface area contributed by atoms with Gasteiger partial charge < -0.3 is 0 Å². The summed E-state index contributed by atoms with van der Waals surface area (Å²) >= 11 is 0. The molecule has 3 atom stereocenters. The maximum absolute atomic E-state index is 2.42. The van der Waals surface area contributed by atoms with Gasteiger partial charge in [-0.15, -0.1) is 0 Å². The van der Waals surface area contributed by atoms with Crippen molar-refractivity contribution in [3.63, 3.8) is 0 Å². The molecule has 0 aromatic rings. The molecular formula is C8H14. The minimum atomic E-state index is 1.08. The highest BCUT2D eigenvalue weighted by Crippen LogP contribution is 2.52. The summed E-state index contributed by atoms with van der Waals surface area (Å²) in [5.41, 5.74) is 0. The fourth-order valence-electron chi connectivity index (χ4n) is 2.22. The molecule has 0 aromatic carbocycles. The Kier molecular flexibility index (Phi) is 0.902. The molecule has 2 rings (SSSR count). The molecule has 0 radical (unpaired) electrons. The van der Waals surface area contributed by atoms with Gasteiger partial charge >= 0.3 is 0 Å². The first-order valence-corrected chi connectivity index (χ1v) is 3.88. The normalized spacial score (nSPS) is 52.9. The summed E-state index contributed by atoms with van der Waals surface area (Å²) in [4.78, 5) is 0. The van der Waals surface area contributed by atoms with Crippen LogP contribution in [0, 0.1) is 17.8 Å². The van der Waals surface area contributed by atoms with E-state index in [0.29, 0.717) is 0 Å². The van der Waals surface area contributed by atoms with E-state index in [9.17, 15) is 0 Å². The second-order valence-corrected chi connectivity index (χ2v) is 3.57. The van der Waals surface area contributed by atoms with Crippen LogP contribution in [0.25, 0.3) is 0 Å². The summed E-state index contributed by atoms with van der Waals surface area (Å²) in [6.07, 6.45) is 6.15. The molecule has 0 aliphatic heterocycles. The molecule has 0 bridgehead atoms. The summed E-state index contributed by atoms with van der Waals surface area (Å²) in [5, 5.41) is 0. The molecule has 0 amide bonds. The zero-order chi connectivity index (χ0) is 5.56. The lowest BCUT2D eigenvalue weighted by molar-refractivity contribution is 0.362. The van der Waals surface area contributed by atoms with Crippen LogP contribution in [0.5, 0.6) is 0 Å². The van der Waals surface area contributed by atoms with E-state index in [0.717, 1.165) is 5.92 Å². The van der Waals surface area contributed by atoms with Gasteiger partial charge in [-0.05, 0) is 24.2 Å². The highest BCUT2D eigenvalue weighted by molar-refractivity contribution is 4.92. The zero-order valence-corrected chi connectivity index (χ0v) is 5.56. The lowest BCUT2D eigenvalue weighted by atomic mass is 9.91. The number of rotatable bonds is 0. The fourth-order valence-corrected chi connectivity index (χ4v) is 2.22. The molecule has 0 saturated heterocycles. The topological polar surface area (TPSA) is 0 Å². The van der Waals surface area contributed by atoms with Gasteiger partial charge in [-0.1, -0.05) is 26.2 Å². The largest absolute Gasteiger partial charge is 0.0622 e. The Balaban J connectivity index is 1.99. The van der Waals surface area contributed by atoms with Crippen molar-refractivity contribution in [3.05, 3.63) is 0 Å². The molecule has 8 heavy (non-hydrogen) atoms. The minimum Gasteiger partial charge on any atom is -0.0622 e. The van der Waals surface area contributed by atoms with Crippen LogP contribution < -0.4 is 0 Å². The van der Waals surface area contributed by atoms with E-state index in [-0.39, 0.29) is 0 Å². The zero-order valence-electron chi connectivity index (χ0n) is 5.56. The Morgan fingerprint density at radius 3 is 2.75 bits per heavy atom. The van der Waals surface area contributed by atoms with Crippen LogP contribution in [-0.4, -0.2) is 0 Å². The molecule has 46 valence electrons. The van der Waals surface area contributed by atoms with Crippen LogP contribution in [0.15, 0.2) is 0 Å². The molecule has 2 saturated carbocycles. The Bertz CT molecular complexity index is 96.2. The average Bonchev–Trinajstić information content (AvgIpc) is 2.45. The molecule has 0 nitrogen and oxygen atoms in total. The van der Waals surface area contributed by atoms with Gasteiger partial charge in [0.15, 0.2) is 0 Å². The van der Waals surface area contributed by atoms with E-state index in [2.05, 4.69) is 6.92 Å². The van der Waals surface area contributed by atoms with E-state index in [1.54, 1.807) is 12.8 Å². The quantitative estimate of drug-likeness (QED) is 0.449. The molecule has 0 heterocycles. The van der Waals surface area contributed by atoms with Gasteiger partial charge in [-0.25, -0.2) is 0 Å². The molecule has 2 aliphatic carbocycles. The Labute approximate surface area is 51.3 Å². The predicted octanol–water partition coefficient (Wildman–Crippen LogP) is 2.44. The van der Waals surface area contributed by atoms with E-state index in [1.807, 2.05) is 0 Å². The first kappa shape index (κ1) is 4.84. The van der Waals surface area contributed by atoms with Crippen LogP contribution in [0.4, 0.5) is 0 Å². The summed E-state index contributed by atoms with van der Waals surface area (Å²) in [6, 6.07) is 0. The van der Waals surface area contributed by atoms with Crippen molar-refractivity contribution >= 4 is 0 Å². The smallest absolute Gasteiger partial charge is 0.0357 e. The van der Waals surface area contributed by atoms with Crippen molar-refractivity contribution < 1.29 is 0 Å². The molecule has 2 unspecified atom stereocenters. The average molecular weight is 110 g/mol. The van der Waals surface area contributed by atoms with Gasteiger partial charge in [-0.3, -0.25) is 0 Å². The van der Waals surface area contributed by atoms with Gasteiger partial charge in [0.1, 0.15) is 0 Å². The lowest BCUT2D eigenvalue weighted by Gasteiger charge is -2.15. The van der Waals surface area contributed by atoms with Gasteiger partial charge in [0, 0.05) is 0 Å². The number of hydrogen-bond acceptors (Lipinski definition) is 0. The summed E-state index contributed by atoms with van der Waals surface area (Å²) in [7, 11) is 0. The molecule has 2 fully saturated rings. The van der Waals surface area contributed by atoms with E-state index < -0.39 is 0 Å². The lowest BCUT2D eigenvalue weighted by Crippen LogP contribution is -2.04. The summed E-state index contributed by atoms with van der Waals surface area (Å²) in [6.45, 7) is 2.42. The van der Waals surface area contributed by atoms with Crippen LogP contribution in [0.2, 0.25) is 0 Å². The number of fused-ring (bicyclic) bond motifs is 1. The van der Waals surface area contributed by atoms with Crippen molar-refractivity contribution in [3.8, 4) is 0 Å². The van der Waals surface area contributed by atoms with Gasteiger partial charge in [0.2, 0.25) is 0 Å². The first-order chi connectivity index (χ1) is 3.88. The Hall–Kier alpha value is 0. The van der Waals surface area contributed by atoms with Crippen molar-refractivity contribution in [1.29, 1.82) is 0 Å².